The van der Waals surface area contributed by atoms with Crippen molar-refractivity contribution in [2.75, 3.05) is 19.8 Å². The van der Waals surface area contributed by atoms with Crippen LogP contribution in [0.25, 0.3) is 0 Å². The van der Waals surface area contributed by atoms with Gasteiger partial charge in [0.2, 0.25) is 0 Å². The van der Waals surface area contributed by atoms with Crippen LogP contribution in [0.5, 0.6) is 0 Å². The largest absolute Gasteiger partial charge is 1.00 e. The third-order valence-corrected chi connectivity index (χ3v) is 2.86. The Hall–Kier alpha value is 0.236. The van der Waals surface area contributed by atoms with Crippen molar-refractivity contribution >= 4 is 11.9 Å². The molecule has 122 valence electrons. The van der Waals surface area contributed by atoms with Gasteiger partial charge in [-0.1, -0.05) is 12.2 Å². The summed E-state index contributed by atoms with van der Waals surface area (Å²) in [5.41, 5.74) is 0. The van der Waals surface area contributed by atoms with Gasteiger partial charge in [-0.25, -0.2) is 0 Å². The monoisotopic (exact) mass is 338 g/mol. The van der Waals surface area contributed by atoms with Gasteiger partial charge in [-0.05, 0) is 45.4 Å². The van der Waals surface area contributed by atoms with Crippen LogP contribution in [0.1, 0.15) is 46.0 Å². The number of unbranched alkanes of at least 4 members (excludes halogenated alkanes) is 2. The first-order valence-corrected chi connectivity index (χ1v) is 7.39. The number of hydrogen-bond donors (Lipinski definition) is 2. The van der Waals surface area contributed by atoms with Crippen molar-refractivity contribution < 1.29 is 71.5 Å². The molecule has 0 aromatic heterocycles. The molecular formula is C15H27KN2O4. The van der Waals surface area contributed by atoms with E-state index in [2.05, 4.69) is 11.1 Å². The molecule has 0 rings (SSSR count). The third kappa shape index (κ3) is 16.6. The average molecular weight is 338 g/mol. The van der Waals surface area contributed by atoms with Gasteiger partial charge < -0.3 is 15.3 Å². The molecule has 22 heavy (non-hydrogen) atoms. The number of carbonyl (C=O) groups is 1. The summed E-state index contributed by atoms with van der Waals surface area (Å²) in [7, 11) is 0. The third-order valence-electron chi connectivity index (χ3n) is 2.86. The number of nitrogens with zero attached hydrogens (tertiary/aromatic N) is 2. The Bertz CT molecular complexity index is 346. The zero-order valence-electron chi connectivity index (χ0n) is 14.0. The summed E-state index contributed by atoms with van der Waals surface area (Å²) in [6, 6.07) is 0. The summed E-state index contributed by atoms with van der Waals surface area (Å²) in [5, 5.41) is 29.6. The smallest absolute Gasteiger partial charge is 0.862 e. The van der Waals surface area contributed by atoms with Crippen LogP contribution in [0.2, 0.25) is 0 Å². The van der Waals surface area contributed by atoms with Gasteiger partial charge in [-0.2, -0.15) is 0 Å². The average Bonchev–Trinajstić information content (AvgIpc) is 2.41. The van der Waals surface area contributed by atoms with E-state index in [1.165, 1.54) is 0 Å². The number of aliphatic hydroxyl groups is 1. The molecule has 0 radical (unpaired) electrons. The minimum Gasteiger partial charge on any atom is -0.862 e. The zero-order valence-corrected chi connectivity index (χ0v) is 17.1. The number of carboxylic acids is 1. The summed E-state index contributed by atoms with van der Waals surface area (Å²) in [6.07, 6.45) is 6.60. The Morgan fingerprint density at radius 2 is 2.05 bits per heavy atom. The van der Waals surface area contributed by atoms with Crippen LogP contribution < -0.4 is 56.5 Å². The molecule has 0 aromatic rings. The first kappa shape index (κ1) is 24.5. The van der Waals surface area contributed by atoms with E-state index < -0.39 is 12.1 Å². The molecule has 0 amide bonds. The van der Waals surface area contributed by atoms with Gasteiger partial charge in [0.25, 0.3) is 0 Å². The van der Waals surface area contributed by atoms with Crippen LogP contribution in [-0.4, -0.2) is 52.8 Å². The molecule has 0 aromatic carbocycles. The SMILES string of the molecule is C/C=C/CCCCC([O-])=NCN(CCC(=O)O)CC(C)O.[K+]. The topological polar surface area (TPSA) is 96.2 Å². The predicted molar refractivity (Wildman–Crippen MR) is 81.1 cm³/mol. The Morgan fingerprint density at radius 1 is 1.36 bits per heavy atom. The number of hydrogen-bond acceptors (Lipinski definition) is 5. The summed E-state index contributed by atoms with van der Waals surface area (Å²) in [5.74, 6) is -1.07. The summed E-state index contributed by atoms with van der Waals surface area (Å²) < 4.78 is 0. The molecule has 6 nitrogen and oxygen atoms in total. The van der Waals surface area contributed by atoms with E-state index in [1.54, 1.807) is 11.8 Å². The predicted octanol–water partition coefficient (Wildman–Crippen LogP) is -2.00. The van der Waals surface area contributed by atoms with Crippen LogP contribution in [-0.2, 0) is 4.79 Å². The molecule has 7 heteroatoms. The second-order valence-electron chi connectivity index (χ2n) is 5.08. The maximum atomic E-state index is 11.6. The molecule has 0 saturated carbocycles. The second kappa shape index (κ2) is 16.1. The number of aliphatic imine (C=N–C) groups is 1. The minimum atomic E-state index is -0.902. The van der Waals surface area contributed by atoms with Crippen molar-refractivity contribution in [2.24, 2.45) is 4.99 Å². The minimum absolute atomic E-state index is 0. The van der Waals surface area contributed by atoms with E-state index in [0.29, 0.717) is 13.0 Å². The number of allylic oxidation sites excluding steroid dienone is 2. The number of rotatable bonds is 12. The maximum absolute atomic E-state index is 11.6. The molecule has 1 atom stereocenters. The van der Waals surface area contributed by atoms with Crippen LogP contribution >= 0.6 is 0 Å². The zero-order chi connectivity index (χ0) is 16.1. The van der Waals surface area contributed by atoms with Crippen molar-refractivity contribution in [1.29, 1.82) is 0 Å². The number of aliphatic hydroxyl groups excluding tert-OH is 1. The van der Waals surface area contributed by atoms with Crippen molar-refractivity contribution in [3.63, 3.8) is 0 Å². The molecule has 0 bridgehead atoms. The second-order valence-corrected chi connectivity index (χ2v) is 5.08. The molecule has 0 aliphatic rings. The number of carboxylic acid groups (broad SMARTS) is 1. The molecule has 0 spiro atoms. The van der Waals surface area contributed by atoms with Gasteiger partial charge in [-0.3, -0.25) is 14.7 Å². The van der Waals surface area contributed by atoms with Gasteiger partial charge in [0, 0.05) is 13.1 Å². The molecule has 0 heterocycles. The summed E-state index contributed by atoms with van der Waals surface area (Å²) in [4.78, 5) is 16.2. The van der Waals surface area contributed by atoms with Crippen LogP contribution in [0, 0.1) is 0 Å². The van der Waals surface area contributed by atoms with Crippen LogP contribution in [0.4, 0.5) is 0 Å². The van der Waals surface area contributed by atoms with E-state index >= 15 is 0 Å². The van der Waals surface area contributed by atoms with Crippen molar-refractivity contribution in [2.45, 2.75) is 52.1 Å². The normalized spacial score (nSPS) is 13.4. The quantitative estimate of drug-likeness (QED) is 0.141. The summed E-state index contributed by atoms with van der Waals surface area (Å²) >= 11 is 0. The maximum Gasteiger partial charge on any atom is 1.00 e. The van der Waals surface area contributed by atoms with E-state index in [1.807, 2.05) is 13.0 Å². The van der Waals surface area contributed by atoms with Crippen LogP contribution in [0.15, 0.2) is 17.1 Å². The van der Waals surface area contributed by atoms with E-state index in [9.17, 15) is 15.0 Å². The van der Waals surface area contributed by atoms with Crippen LogP contribution in [0.3, 0.4) is 0 Å². The molecule has 1 unspecified atom stereocenters. The molecule has 0 aliphatic heterocycles. The Morgan fingerprint density at radius 3 is 2.59 bits per heavy atom. The van der Waals surface area contributed by atoms with E-state index in [-0.39, 0.29) is 76.9 Å². The van der Waals surface area contributed by atoms with Gasteiger partial charge in [0.05, 0.1) is 19.2 Å². The molecule has 0 saturated heterocycles. The molecule has 0 aliphatic carbocycles. The van der Waals surface area contributed by atoms with Crippen molar-refractivity contribution in [3.05, 3.63) is 12.2 Å². The van der Waals surface area contributed by atoms with Crippen molar-refractivity contribution in [3.8, 4) is 0 Å². The van der Waals surface area contributed by atoms with Crippen molar-refractivity contribution in [1.82, 2.24) is 4.90 Å². The molecule has 2 N–H and O–H groups in total. The standard InChI is InChI=1S/C15H28N2O4.K/c1-3-4-5-6-7-8-14(19)16-12-17(11-13(2)18)10-9-15(20)21;/h3-4,13,18H,5-12H2,1-2H3,(H,16,19)(H,20,21);/q;+1/p-1/b4-3+;. The van der Waals surface area contributed by atoms with Gasteiger partial charge in [-0.15, -0.1) is 0 Å². The van der Waals surface area contributed by atoms with E-state index in [4.69, 9.17) is 5.11 Å². The molecular weight excluding hydrogens is 311 g/mol. The van der Waals surface area contributed by atoms with Gasteiger partial charge in [0.15, 0.2) is 0 Å². The fourth-order valence-electron chi connectivity index (χ4n) is 1.81. The van der Waals surface area contributed by atoms with Gasteiger partial charge in [0.1, 0.15) is 0 Å². The van der Waals surface area contributed by atoms with E-state index in [0.717, 1.165) is 19.3 Å². The Balaban J connectivity index is 0. The van der Waals surface area contributed by atoms with Gasteiger partial charge >= 0.3 is 57.4 Å². The fraction of sp³-hybridized carbons (Fsp3) is 0.733. The molecule has 0 fully saturated rings. The first-order valence-electron chi connectivity index (χ1n) is 7.39. The number of aliphatic carboxylic acids is 1. The Kier molecular flexibility index (Phi) is 17.9. The summed E-state index contributed by atoms with van der Waals surface area (Å²) in [6.45, 7) is 4.32. The fourth-order valence-corrected chi connectivity index (χ4v) is 1.81. The first-order chi connectivity index (χ1) is 9.95. The Labute approximate surface area is 175 Å².